The second kappa shape index (κ2) is 11.4. The molecule has 0 aliphatic rings. The third kappa shape index (κ3) is 6.50. The van der Waals surface area contributed by atoms with Crippen molar-refractivity contribution in [3.63, 3.8) is 0 Å². The standard InChI is InChI=1S/C11H16N2.2ClH.Pd/c1-2-3-6-9-7-4-5-8-10(9)11(12)13;;;/h4-5,7-8H,2-3,6H2,1H3,(H3,12,13);2*1H;/q;;;+2/p-2. The summed E-state index contributed by atoms with van der Waals surface area (Å²) in [5, 5.41) is 7.39. The Morgan fingerprint density at radius 1 is 1.25 bits per heavy atom. The van der Waals surface area contributed by atoms with Gasteiger partial charge in [-0.2, -0.15) is 0 Å². The summed E-state index contributed by atoms with van der Waals surface area (Å²) in [5.41, 5.74) is 7.55. The maximum absolute atomic E-state index is 7.39. The first-order chi connectivity index (χ1) is 6.25. The number of aryl methyl sites for hydroxylation is 1. The van der Waals surface area contributed by atoms with Crippen LogP contribution in [0.5, 0.6) is 0 Å². The maximum atomic E-state index is 7.39. The average molecular weight is 354 g/mol. The average Bonchev–Trinajstić information content (AvgIpc) is 2.15. The van der Waals surface area contributed by atoms with Crippen molar-refractivity contribution in [2.24, 2.45) is 5.73 Å². The van der Waals surface area contributed by atoms with Crippen LogP contribution in [0.15, 0.2) is 24.3 Å². The number of unbranched alkanes of at least 4 members (excludes halogenated alkanes) is 1. The van der Waals surface area contributed by atoms with Gasteiger partial charge >= 0.3 is 20.4 Å². The number of rotatable bonds is 4. The zero-order valence-electron chi connectivity index (χ0n) is 9.08. The van der Waals surface area contributed by atoms with Crippen LogP contribution in [0, 0.1) is 5.41 Å². The van der Waals surface area contributed by atoms with Crippen LogP contribution < -0.4 is 30.5 Å². The van der Waals surface area contributed by atoms with Gasteiger partial charge < -0.3 is 30.5 Å². The van der Waals surface area contributed by atoms with E-state index < -0.39 is 0 Å². The van der Waals surface area contributed by atoms with Crippen LogP contribution >= 0.6 is 0 Å². The fourth-order valence-electron chi connectivity index (χ4n) is 1.37. The van der Waals surface area contributed by atoms with Crippen molar-refractivity contribution >= 4 is 5.84 Å². The van der Waals surface area contributed by atoms with Crippen molar-refractivity contribution < 1.29 is 45.2 Å². The van der Waals surface area contributed by atoms with E-state index in [9.17, 15) is 0 Å². The maximum Gasteiger partial charge on any atom is 2.00 e. The van der Waals surface area contributed by atoms with Crippen LogP contribution in [-0.2, 0) is 26.8 Å². The van der Waals surface area contributed by atoms with Gasteiger partial charge in [0.05, 0.1) is 0 Å². The van der Waals surface area contributed by atoms with E-state index in [0.29, 0.717) is 0 Å². The van der Waals surface area contributed by atoms with Gasteiger partial charge in [0.1, 0.15) is 5.84 Å². The molecule has 0 amide bonds. The molecule has 0 aliphatic heterocycles. The number of nitrogens with two attached hydrogens (primary N) is 1. The molecule has 0 saturated carbocycles. The molecule has 0 unspecified atom stereocenters. The number of hydrogen-bond acceptors (Lipinski definition) is 1. The normalized spacial score (nSPS) is 8.06. The topological polar surface area (TPSA) is 49.9 Å². The monoisotopic (exact) mass is 352 g/mol. The summed E-state index contributed by atoms with van der Waals surface area (Å²) >= 11 is 0. The van der Waals surface area contributed by atoms with Crippen LogP contribution in [0.3, 0.4) is 0 Å². The van der Waals surface area contributed by atoms with Crippen LogP contribution in [-0.4, -0.2) is 5.84 Å². The van der Waals surface area contributed by atoms with Gasteiger partial charge in [-0.25, -0.2) is 0 Å². The summed E-state index contributed by atoms with van der Waals surface area (Å²) in [6.45, 7) is 2.16. The predicted molar refractivity (Wildman–Crippen MR) is 56.1 cm³/mol. The van der Waals surface area contributed by atoms with Gasteiger partial charge in [0.2, 0.25) is 0 Å². The van der Waals surface area contributed by atoms with E-state index in [1.807, 2.05) is 24.3 Å². The van der Waals surface area contributed by atoms with E-state index in [4.69, 9.17) is 11.1 Å². The number of hydrogen-bond donors (Lipinski definition) is 2. The second-order valence-electron chi connectivity index (χ2n) is 3.17. The van der Waals surface area contributed by atoms with Crippen molar-refractivity contribution in [2.45, 2.75) is 26.2 Å². The van der Waals surface area contributed by atoms with Crippen molar-refractivity contribution in [1.82, 2.24) is 0 Å². The number of nitrogens with one attached hydrogen (secondary N) is 1. The molecule has 94 valence electrons. The Morgan fingerprint density at radius 2 is 1.81 bits per heavy atom. The number of benzene rings is 1. The summed E-state index contributed by atoms with van der Waals surface area (Å²) in [7, 11) is 0. The Morgan fingerprint density at radius 3 is 2.31 bits per heavy atom. The number of nitrogen functional groups attached to an aromatic ring is 1. The molecule has 0 atom stereocenters. The van der Waals surface area contributed by atoms with E-state index in [-0.39, 0.29) is 51.1 Å². The van der Waals surface area contributed by atoms with Gasteiger partial charge in [0.25, 0.3) is 0 Å². The molecular weight excluding hydrogens is 337 g/mol. The van der Waals surface area contributed by atoms with Gasteiger partial charge in [-0.05, 0) is 18.4 Å². The zero-order chi connectivity index (χ0) is 9.68. The SMILES string of the molecule is CCCCc1ccccc1C(=N)N.[Cl-].[Cl-].[Pd+2]. The summed E-state index contributed by atoms with van der Waals surface area (Å²) in [5.74, 6) is 0.173. The molecular formula is C11H16Cl2N2Pd. The molecule has 0 fully saturated rings. The van der Waals surface area contributed by atoms with Gasteiger partial charge in [-0.3, -0.25) is 5.41 Å². The smallest absolute Gasteiger partial charge is 1.00 e. The Bertz CT molecular complexity index is 306. The van der Waals surface area contributed by atoms with Gasteiger partial charge in [-0.15, -0.1) is 0 Å². The van der Waals surface area contributed by atoms with Gasteiger partial charge in [0, 0.05) is 5.56 Å². The van der Waals surface area contributed by atoms with Crippen molar-refractivity contribution in [2.75, 3.05) is 0 Å². The van der Waals surface area contributed by atoms with Crippen LogP contribution in [0.4, 0.5) is 0 Å². The van der Waals surface area contributed by atoms with E-state index in [2.05, 4.69) is 6.92 Å². The molecule has 2 nitrogen and oxygen atoms in total. The molecule has 0 spiro atoms. The Balaban J connectivity index is -0.000000563. The first-order valence-electron chi connectivity index (χ1n) is 4.68. The van der Waals surface area contributed by atoms with E-state index in [1.165, 1.54) is 12.0 Å². The van der Waals surface area contributed by atoms with E-state index >= 15 is 0 Å². The summed E-state index contributed by atoms with van der Waals surface area (Å²) in [4.78, 5) is 0. The molecule has 1 aromatic carbocycles. The molecule has 1 aromatic rings. The Hall–Kier alpha value is -0.0677. The molecule has 0 aromatic heterocycles. The van der Waals surface area contributed by atoms with Crippen molar-refractivity contribution in [3.8, 4) is 0 Å². The largest absolute Gasteiger partial charge is 2.00 e. The minimum absolute atomic E-state index is 0. The van der Waals surface area contributed by atoms with Gasteiger partial charge in [-0.1, -0.05) is 37.6 Å². The predicted octanol–water partition coefficient (Wildman–Crippen LogP) is -3.68. The minimum Gasteiger partial charge on any atom is -1.00 e. The van der Waals surface area contributed by atoms with Crippen LogP contribution in [0.2, 0.25) is 0 Å². The molecule has 0 aliphatic carbocycles. The molecule has 16 heavy (non-hydrogen) atoms. The van der Waals surface area contributed by atoms with Gasteiger partial charge in [0.15, 0.2) is 0 Å². The zero-order valence-corrected chi connectivity index (χ0v) is 12.1. The fourth-order valence-corrected chi connectivity index (χ4v) is 1.37. The summed E-state index contributed by atoms with van der Waals surface area (Å²) in [6, 6.07) is 7.88. The Kier molecular flexibility index (Phi) is 15.2. The summed E-state index contributed by atoms with van der Waals surface area (Å²) < 4.78 is 0. The molecule has 3 N–H and O–H groups in total. The second-order valence-corrected chi connectivity index (χ2v) is 3.17. The van der Waals surface area contributed by atoms with Crippen molar-refractivity contribution in [1.29, 1.82) is 5.41 Å². The first kappa shape index (κ1) is 21.2. The molecule has 1 rings (SSSR count). The summed E-state index contributed by atoms with van der Waals surface area (Å²) in [6.07, 6.45) is 3.35. The van der Waals surface area contributed by atoms with Crippen LogP contribution in [0.1, 0.15) is 30.9 Å². The van der Waals surface area contributed by atoms with E-state index in [0.717, 1.165) is 18.4 Å². The first-order valence-corrected chi connectivity index (χ1v) is 4.68. The van der Waals surface area contributed by atoms with Crippen LogP contribution in [0.25, 0.3) is 0 Å². The minimum atomic E-state index is 0. The molecule has 0 saturated heterocycles. The third-order valence-electron chi connectivity index (χ3n) is 2.11. The third-order valence-corrected chi connectivity index (χ3v) is 2.11. The molecule has 0 heterocycles. The number of amidine groups is 1. The molecule has 0 radical (unpaired) electrons. The van der Waals surface area contributed by atoms with E-state index in [1.54, 1.807) is 0 Å². The Labute approximate surface area is 123 Å². The fraction of sp³-hybridized carbons (Fsp3) is 0.364. The number of halogens is 2. The quantitative estimate of drug-likeness (QED) is 0.327. The van der Waals surface area contributed by atoms with Crippen molar-refractivity contribution in [3.05, 3.63) is 35.4 Å². The molecule has 5 heteroatoms. The molecule has 0 bridgehead atoms.